The number of benzene rings is 1. The third kappa shape index (κ3) is 7.93. The number of urea groups is 1. The lowest BCUT2D eigenvalue weighted by atomic mass is 10.0. The summed E-state index contributed by atoms with van der Waals surface area (Å²) in [4.78, 5) is 36.4. The number of esters is 1. The predicted molar refractivity (Wildman–Crippen MR) is 140 cm³/mol. The standard InChI is InChI=1S/C26H34N4O4S/c1-16(2)13-21(25(32)34-19-10-3-4-11-19)29-12-6-8-17-7-5-9-18(14-17)22-15-20(23(27)31)24(35-22)30-26(28)33/h5-9,14-16,19,21,29H,3-4,10-13H2,1-2H3,(H2,27,31)(H3,28,30,33)/b8-6+/t21-/m1/s1. The molecule has 9 heteroatoms. The summed E-state index contributed by atoms with van der Waals surface area (Å²) in [5, 5.41) is 6.10. The summed E-state index contributed by atoms with van der Waals surface area (Å²) in [6.45, 7) is 4.72. The number of carbonyl (C=O) groups is 3. The zero-order chi connectivity index (χ0) is 25.4. The van der Waals surface area contributed by atoms with Crippen LogP contribution in [0.2, 0.25) is 0 Å². The molecule has 0 unspecified atom stereocenters. The van der Waals surface area contributed by atoms with Crippen LogP contribution >= 0.6 is 11.3 Å². The fraction of sp³-hybridized carbons (Fsp3) is 0.423. The Morgan fingerprint density at radius 2 is 1.91 bits per heavy atom. The molecule has 8 nitrogen and oxygen atoms in total. The van der Waals surface area contributed by atoms with Crippen molar-refractivity contribution in [1.82, 2.24) is 5.32 Å². The highest BCUT2D eigenvalue weighted by atomic mass is 32.1. The van der Waals surface area contributed by atoms with Crippen LogP contribution in [0.15, 0.2) is 36.4 Å². The molecule has 0 bridgehead atoms. The van der Waals surface area contributed by atoms with Gasteiger partial charge in [-0.05, 0) is 61.3 Å². The number of rotatable bonds is 11. The van der Waals surface area contributed by atoms with Gasteiger partial charge in [-0.2, -0.15) is 0 Å². The van der Waals surface area contributed by atoms with Gasteiger partial charge in [0, 0.05) is 11.4 Å². The molecular formula is C26H34N4O4S. The molecular weight excluding hydrogens is 464 g/mol. The first-order chi connectivity index (χ1) is 16.7. The number of hydrogen-bond donors (Lipinski definition) is 4. The molecule has 3 amide bonds. The molecule has 0 saturated heterocycles. The molecule has 0 aliphatic heterocycles. The third-order valence-electron chi connectivity index (χ3n) is 5.77. The summed E-state index contributed by atoms with van der Waals surface area (Å²) in [7, 11) is 0. The quantitative estimate of drug-likeness (QED) is 0.338. The Morgan fingerprint density at radius 3 is 2.57 bits per heavy atom. The summed E-state index contributed by atoms with van der Waals surface area (Å²) in [6.07, 6.45) is 8.89. The number of amides is 3. The van der Waals surface area contributed by atoms with Gasteiger partial charge in [-0.1, -0.05) is 44.2 Å². The molecule has 3 rings (SSSR count). The van der Waals surface area contributed by atoms with Gasteiger partial charge in [-0.25, -0.2) is 4.79 Å². The van der Waals surface area contributed by atoms with Crippen LogP contribution in [0.3, 0.4) is 0 Å². The maximum atomic E-state index is 12.7. The lowest BCUT2D eigenvalue weighted by Gasteiger charge is -2.21. The van der Waals surface area contributed by atoms with E-state index in [-0.39, 0.29) is 23.7 Å². The van der Waals surface area contributed by atoms with Gasteiger partial charge in [0.1, 0.15) is 17.1 Å². The predicted octanol–water partition coefficient (Wildman–Crippen LogP) is 4.51. The van der Waals surface area contributed by atoms with E-state index in [4.69, 9.17) is 16.2 Å². The summed E-state index contributed by atoms with van der Waals surface area (Å²) < 4.78 is 5.72. The normalized spacial score (nSPS) is 14.9. The number of nitrogens with one attached hydrogen (secondary N) is 2. The van der Waals surface area contributed by atoms with Crippen molar-refractivity contribution in [3.8, 4) is 10.4 Å². The Labute approximate surface area is 210 Å². The van der Waals surface area contributed by atoms with Gasteiger partial charge >= 0.3 is 12.0 Å². The van der Waals surface area contributed by atoms with Crippen molar-refractivity contribution in [3.05, 3.63) is 47.5 Å². The first-order valence-corrected chi connectivity index (χ1v) is 12.8. The van der Waals surface area contributed by atoms with Gasteiger partial charge < -0.3 is 21.5 Å². The second-order valence-electron chi connectivity index (χ2n) is 9.17. The van der Waals surface area contributed by atoms with E-state index >= 15 is 0 Å². The number of ether oxygens (including phenoxy) is 1. The van der Waals surface area contributed by atoms with Crippen LogP contribution in [0.25, 0.3) is 16.5 Å². The number of carbonyl (C=O) groups excluding carboxylic acids is 3. The molecule has 1 aromatic heterocycles. The van der Waals surface area contributed by atoms with Crippen molar-refractivity contribution in [2.75, 3.05) is 11.9 Å². The van der Waals surface area contributed by atoms with E-state index in [1.54, 1.807) is 6.07 Å². The Bertz CT molecular complexity index is 1070. The van der Waals surface area contributed by atoms with Crippen LogP contribution in [0, 0.1) is 5.92 Å². The zero-order valence-electron chi connectivity index (χ0n) is 20.2. The van der Waals surface area contributed by atoms with Gasteiger partial charge in [-0.15, -0.1) is 11.3 Å². The van der Waals surface area contributed by atoms with E-state index < -0.39 is 11.9 Å². The van der Waals surface area contributed by atoms with Crippen molar-refractivity contribution < 1.29 is 19.1 Å². The monoisotopic (exact) mass is 498 g/mol. The molecule has 1 aliphatic carbocycles. The molecule has 1 heterocycles. The minimum atomic E-state index is -0.757. The van der Waals surface area contributed by atoms with E-state index in [0.717, 1.165) is 48.1 Å². The number of hydrogen-bond acceptors (Lipinski definition) is 6. The van der Waals surface area contributed by atoms with E-state index in [1.807, 2.05) is 36.4 Å². The highest BCUT2D eigenvalue weighted by Gasteiger charge is 2.25. The lowest BCUT2D eigenvalue weighted by molar-refractivity contribution is -0.151. The fourth-order valence-corrected chi connectivity index (χ4v) is 5.17. The van der Waals surface area contributed by atoms with Crippen molar-refractivity contribution in [1.29, 1.82) is 0 Å². The maximum absolute atomic E-state index is 12.7. The number of primary amides is 2. The zero-order valence-corrected chi connectivity index (χ0v) is 21.0. The van der Waals surface area contributed by atoms with E-state index in [2.05, 4.69) is 24.5 Å². The summed E-state index contributed by atoms with van der Waals surface area (Å²) >= 11 is 1.23. The largest absolute Gasteiger partial charge is 0.461 e. The summed E-state index contributed by atoms with van der Waals surface area (Å²) in [6, 6.07) is 8.32. The molecule has 1 atom stereocenters. The van der Waals surface area contributed by atoms with Gasteiger partial charge in [0.25, 0.3) is 5.91 Å². The first kappa shape index (κ1) is 26.4. The number of anilines is 1. The molecule has 0 spiro atoms. The van der Waals surface area contributed by atoms with E-state index in [0.29, 0.717) is 17.5 Å². The Kier molecular flexibility index (Phi) is 9.45. The van der Waals surface area contributed by atoms with Crippen LogP contribution in [0.5, 0.6) is 0 Å². The smallest absolute Gasteiger partial charge is 0.323 e. The highest BCUT2D eigenvalue weighted by molar-refractivity contribution is 7.20. The SMILES string of the molecule is CC(C)C[C@@H](NC/C=C/c1cccc(-c2cc(C(N)=O)c(NC(N)=O)s2)c1)C(=O)OC1CCCC1. The second kappa shape index (κ2) is 12.5. The number of nitrogens with two attached hydrogens (primary N) is 2. The molecule has 1 aliphatic rings. The van der Waals surface area contributed by atoms with Crippen LogP contribution in [-0.2, 0) is 9.53 Å². The molecule has 188 valence electrons. The number of thiophene rings is 1. The topological polar surface area (TPSA) is 137 Å². The highest BCUT2D eigenvalue weighted by Crippen LogP contribution is 2.35. The molecule has 6 N–H and O–H groups in total. The third-order valence-corrected chi connectivity index (χ3v) is 6.87. The minimum absolute atomic E-state index is 0.0586. The fourth-order valence-electron chi connectivity index (χ4n) is 4.11. The maximum Gasteiger partial charge on any atom is 0.323 e. The molecule has 1 aromatic carbocycles. The van der Waals surface area contributed by atoms with Gasteiger partial charge in [0.2, 0.25) is 0 Å². The second-order valence-corrected chi connectivity index (χ2v) is 10.2. The van der Waals surface area contributed by atoms with Gasteiger partial charge in [-0.3, -0.25) is 14.9 Å². The molecule has 35 heavy (non-hydrogen) atoms. The van der Waals surface area contributed by atoms with Gasteiger partial charge in [0.05, 0.1) is 5.56 Å². The summed E-state index contributed by atoms with van der Waals surface area (Å²) in [5.74, 6) is -0.431. The van der Waals surface area contributed by atoms with Crippen molar-refractivity contribution >= 4 is 40.3 Å². The van der Waals surface area contributed by atoms with Crippen LogP contribution < -0.4 is 22.1 Å². The lowest BCUT2D eigenvalue weighted by Crippen LogP contribution is -2.40. The van der Waals surface area contributed by atoms with Crippen molar-refractivity contribution in [2.24, 2.45) is 17.4 Å². The average Bonchev–Trinajstić information content (AvgIpc) is 3.45. The van der Waals surface area contributed by atoms with E-state index in [1.165, 1.54) is 11.3 Å². The van der Waals surface area contributed by atoms with Crippen LogP contribution in [0.1, 0.15) is 61.9 Å². The van der Waals surface area contributed by atoms with Crippen LogP contribution in [-0.4, -0.2) is 36.6 Å². The van der Waals surface area contributed by atoms with Crippen molar-refractivity contribution in [2.45, 2.75) is 58.1 Å². The molecule has 0 radical (unpaired) electrons. The van der Waals surface area contributed by atoms with E-state index in [9.17, 15) is 14.4 Å². The Morgan fingerprint density at radius 1 is 1.17 bits per heavy atom. The van der Waals surface area contributed by atoms with Gasteiger partial charge in [0.15, 0.2) is 0 Å². The Hall–Kier alpha value is -3.17. The molecule has 2 aromatic rings. The Balaban J connectivity index is 1.64. The first-order valence-electron chi connectivity index (χ1n) is 11.9. The average molecular weight is 499 g/mol. The molecule has 1 fully saturated rings. The van der Waals surface area contributed by atoms with Crippen LogP contribution in [0.4, 0.5) is 9.80 Å². The molecule has 1 saturated carbocycles. The minimum Gasteiger partial charge on any atom is -0.461 e. The summed E-state index contributed by atoms with van der Waals surface area (Å²) in [5.41, 5.74) is 12.7. The van der Waals surface area contributed by atoms with Crippen molar-refractivity contribution in [3.63, 3.8) is 0 Å².